The molecule has 2 nitrogen and oxygen atoms in total. The average molecular weight is 274 g/mol. The Morgan fingerprint density at radius 2 is 1.85 bits per heavy atom. The first-order chi connectivity index (χ1) is 9.59. The molecule has 0 aliphatic heterocycles. The zero-order chi connectivity index (χ0) is 14.5. The molecule has 0 N–H and O–H groups in total. The molecule has 106 valence electrons. The van der Waals surface area contributed by atoms with Crippen molar-refractivity contribution in [3.63, 3.8) is 0 Å². The maximum atomic E-state index is 13.7. The Kier molecular flexibility index (Phi) is 4.72. The number of ether oxygens (including phenoxy) is 1. The van der Waals surface area contributed by atoms with Gasteiger partial charge in [0.15, 0.2) is 0 Å². The van der Waals surface area contributed by atoms with Gasteiger partial charge in [0.05, 0.1) is 12.2 Å². The molecular formula is C17H19FO2. The fraction of sp³-hybridized carbons (Fsp3) is 0.353. The van der Waals surface area contributed by atoms with Gasteiger partial charge in [-0.05, 0) is 36.3 Å². The Morgan fingerprint density at radius 3 is 2.55 bits per heavy atom. The quantitative estimate of drug-likeness (QED) is 0.589. The highest BCUT2D eigenvalue weighted by Crippen LogP contribution is 2.22. The lowest BCUT2D eigenvalue weighted by atomic mass is 10.0. The SMILES string of the molecule is CC(C)CCCOC(=O)c1ccc(F)c2ccccc12. The van der Waals surface area contributed by atoms with Crippen molar-refractivity contribution < 1.29 is 13.9 Å². The summed E-state index contributed by atoms with van der Waals surface area (Å²) in [4.78, 5) is 12.1. The third kappa shape index (κ3) is 3.35. The molecule has 0 fully saturated rings. The number of fused-ring (bicyclic) bond motifs is 1. The first kappa shape index (κ1) is 14.5. The number of benzene rings is 2. The highest BCUT2D eigenvalue weighted by atomic mass is 19.1. The molecule has 20 heavy (non-hydrogen) atoms. The second-order valence-corrected chi connectivity index (χ2v) is 5.31. The molecule has 0 aliphatic carbocycles. The monoisotopic (exact) mass is 274 g/mol. The average Bonchev–Trinajstić information content (AvgIpc) is 2.44. The smallest absolute Gasteiger partial charge is 0.338 e. The number of halogens is 1. The van der Waals surface area contributed by atoms with Gasteiger partial charge in [-0.2, -0.15) is 0 Å². The Labute approximate surface area is 118 Å². The number of esters is 1. The fourth-order valence-corrected chi connectivity index (χ4v) is 2.17. The molecule has 0 radical (unpaired) electrons. The Balaban J connectivity index is 2.12. The second kappa shape index (κ2) is 6.51. The van der Waals surface area contributed by atoms with E-state index in [2.05, 4.69) is 13.8 Å². The van der Waals surface area contributed by atoms with Gasteiger partial charge in [-0.1, -0.05) is 38.1 Å². The molecule has 0 saturated carbocycles. The Hall–Kier alpha value is -1.90. The molecular weight excluding hydrogens is 255 g/mol. The van der Waals surface area contributed by atoms with E-state index in [0.29, 0.717) is 28.9 Å². The maximum absolute atomic E-state index is 13.7. The Bertz CT molecular complexity index is 605. The fourth-order valence-electron chi connectivity index (χ4n) is 2.17. The van der Waals surface area contributed by atoms with Gasteiger partial charge in [-0.3, -0.25) is 0 Å². The summed E-state index contributed by atoms with van der Waals surface area (Å²) in [5, 5.41) is 1.05. The van der Waals surface area contributed by atoms with Gasteiger partial charge in [0, 0.05) is 5.39 Å². The standard InChI is InChI=1S/C17H19FO2/c1-12(2)6-5-11-20-17(19)15-9-10-16(18)14-8-4-3-7-13(14)15/h3-4,7-10,12H,5-6,11H2,1-2H3. The van der Waals surface area contributed by atoms with Crippen LogP contribution in [-0.4, -0.2) is 12.6 Å². The van der Waals surface area contributed by atoms with E-state index >= 15 is 0 Å². The van der Waals surface area contributed by atoms with Crippen molar-refractivity contribution in [1.29, 1.82) is 0 Å². The van der Waals surface area contributed by atoms with Crippen LogP contribution in [0.3, 0.4) is 0 Å². The van der Waals surface area contributed by atoms with E-state index in [1.807, 2.05) is 0 Å². The highest BCUT2D eigenvalue weighted by Gasteiger charge is 2.13. The van der Waals surface area contributed by atoms with Gasteiger partial charge in [-0.15, -0.1) is 0 Å². The van der Waals surface area contributed by atoms with E-state index < -0.39 is 0 Å². The molecule has 0 bridgehead atoms. The minimum Gasteiger partial charge on any atom is -0.462 e. The largest absolute Gasteiger partial charge is 0.462 e. The van der Waals surface area contributed by atoms with Crippen LogP contribution < -0.4 is 0 Å². The first-order valence-corrected chi connectivity index (χ1v) is 6.94. The zero-order valence-corrected chi connectivity index (χ0v) is 11.9. The first-order valence-electron chi connectivity index (χ1n) is 6.94. The van der Waals surface area contributed by atoms with Crippen LogP contribution in [0.4, 0.5) is 4.39 Å². The molecule has 2 rings (SSSR count). The van der Waals surface area contributed by atoms with Crippen molar-refractivity contribution in [2.45, 2.75) is 26.7 Å². The normalized spacial score (nSPS) is 11.0. The van der Waals surface area contributed by atoms with Crippen LogP contribution in [-0.2, 0) is 4.74 Å². The summed E-state index contributed by atoms with van der Waals surface area (Å²) in [6, 6.07) is 9.75. The predicted octanol–water partition coefficient (Wildman–Crippen LogP) is 4.57. The van der Waals surface area contributed by atoms with Crippen molar-refractivity contribution in [3.8, 4) is 0 Å². The van der Waals surface area contributed by atoms with Gasteiger partial charge in [-0.25, -0.2) is 9.18 Å². The molecule has 3 heteroatoms. The van der Waals surface area contributed by atoms with Crippen LogP contribution in [0.1, 0.15) is 37.0 Å². The maximum Gasteiger partial charge on any atom is 0.338 e. The van der Waals surface area contributed by atoms with Gasteiger partial charge in [0.1, 0.15) is 5.82 Å². The second-order valence-electron chi connectivity index (χ2n) is 5.31. The number of hydrogen-bond donors (Lipinski definition) is 0. The van der Waals surface area contributed by atoms with Crippen LogP contribution >= 0.6 is 0 Å². The zero-order valence-electron chi connectivity index (χ0n) is 11.9. The van der Waals surface area contributed by atoms with Crippen molar-refractivity contribution in [2.24, 2.45) is 5.92 Å². The summed E-state index contributed by atoms with van der Waals surface area (Å²) in [6.07, 6.45) is 1.87. The molecule has 0 amide bonds. The van der Waals surface area contributed by atoms with E-state index in [1.165, 1.54) is 12.1 Å². The molecule has 0 spiro atoms. The van der Waals surface area contributed by atoms with Crippen molar-refractivity contribution in [1.82, 2.24) is 0 Å². The minimum absolute atomic E-state index is 0.322. The molecule has 0 heterocycles. The van der Waals surface area contributed by atoms with Gasteiger partial charge in [0.2, 0.25) is 0 Å². The summed E-state index contributed by atoms with van der Waals surface area (Å²) in [5.41, 5.74) is 0.423. The van der Waals surface area contributed by atoms with E-state index in [4.69, 9.17) is 4.74 Å². The Morgan fingerprint density at radius 1 is 1.15 bits per heavy atom. The van der Waals surface area contributed by atoms with Gasteiger partial charge < -0.3 is 4.74 Å². The summed E-state index contributed by atoms with van der Waals surface area (Å²) < 4.78 is 18.9. The number of rotatable bonds is 5. The van der Waals surface area contributed by atoms with Crippen LogP contribution in [0.5, 0.6) is 0 Å². The van der Waals surface area contributed by atoms with E-state index in [-0.39, 0.29) is 11.8 Å². The van der Waals surface area contributed by atoms with E-state index in [9.17, 15) is 9.18 Å². The molecule has 0 aromatic heterocycles. The summed E-state index contributed by atoms with van der Waals surface area (Å²) in [6.45, 7) is 4.67. The molecule has 0 unspecified atom stereocenters. The predicted molar refractivity (Wildman–Crippen MR) is 78.3 cm³/mol. The molecule has 0 aliphatic rings. The third-order valence-corrected chi connectivity index (χ3v) is 3.25. The topological polar surface area (TPSA) is 26.3 Å². The minimum atomic E-state index is -0.384. The molecule has 0 saturated heterocycles. The van der Waals surface area contributed by atoms with Crippen LogP contribution in [0.15, 0.2) is 36.4 Å². The molecule has 2 aromatic rings. The number of hydrogen-bond acceptors (Lipinski definition) is 2. The van der Waals surface area contributed by atoms with Crippen molar-refractivity contribution in [3.05, 3.63) is 47.8 Å². The van der Waals surface area contributed by atoms with Gasteiger partial charge >= 0.3 is 5.97 Å². The lowest BCUT2D eigenvalue weighted by molar-refractivity contribution is 0.0497. The summed E-state index contributed by atoms with van der Waals surface area (Å²) in [7, 11) is 0. The summed E-state index contributed by atoms with van der Waals surface area (Å²) >= 11 is 0. The molecule has 0 atom stereocenters. The number of carbonyl (C=O) groups excluding carboxylic acids is 1. The summed E-state index contributed by atoms with van der Waals surface area (Å²) in [5.74, 6) is -0.109. The lowest BCUT2D eigenvalue weighted by Crippen LogP contribution is -2.08. The number of carbonyl (C=O) groups is 1. The molecule has 2 aromatic carbocycles. The van der Waals surface area contributed by atoms with Crippen LogP contribution in [0.25, 0.3) is 10.8 Å². The lowest BCUT2D eigenvalue weighted by Gasteiger charge is -2.09. The third-order valence-electron chi connectivity index (χ3n) is 3.25. The van der Waals surface area contributed by atoms with Crippen LogP contribution in [0, 0.1) is 11.7 Å². The van der Waals surface area contributed by atoms with Gasteiger partial charge in [0.25, 0.3) is 0 Å². The van der Waals surface area contributed by atoms with E-state index in [0.717, 1.165) is 12.8 Å². The van der Waals surface area contributed by atoms with E-state index in [1.54, 1.807) is 24.3 Å². The van der Waals surface area contributed by atoms with Crippen LogP contribution in [0.2, 0.25) is 0 Å². The van der Waals surface area contributed by atoms with Crippen molar-refractivity contribution >= 4 is 16.7 Å². The van der Waals surface area contributed by atoms with Crippen molar-refractivity contribution in [2.75, 3.05) is 6.61 Å². The highest BCUT2D eigenvalue weighted by molar-refractivity contribution is 6.04.